The lowest BCUT2D eigenvalue weighted by Gasteiger charge is -2.30. The number of hydrogen-bond donors (Lipinski definition) is 1. The number of nitrogens with zero attached hydrogens (tertiary/aromatic N) is 1. The average Bonchev–Trinajstić information content (AvgIpc) is 2.94. The van der Waals surface area contributed by atoms with Crippen LogP contribution >= 0.6 is 12.6 Å². The molecule has 0 aromatic carbocycles. The van der Waals surface area contributed by atoms with Gasteiger partial charge in [0.25, 0.3) is 0 Å². The van der Waals surface area contributed by atoms with Crippen molar-refractivity contribution in [3.05, 3.63) is 0 Å². The third-order valence-corrected chi connectivity index (χ3v) is 4.86. The van der Waals surface area contributed by atoms with Gasteiger partial charge in [-0.3, -0.25) is 0 Å². The largest absolute Gasteiger partial charge is 0.300 e. The first-order valence-electron chi connectivity index (χ1n) is 9.09. The summed E-state index contributed by atoms with van der Waals surface area (Å²) in [6, 6.07) is 0.910. The van der Waals surface area contributed by atoms with E-state index in [0.29, 0.717) is 0 Å². The predicted molar refractivity (Wildman–Crippen MR) is 94.8 cm³/mol. The molecule has 0 bridgehead atoms. The molecule has 0 N–H and O–H groups in total. The molecule has 2 heteroatoms. The van der Waals surface area contributed by atoms with Gasteiger partial charge in [-0.2, -0.15) is 12.6 Å². The second-order valence-electron chi connectivity index (χ2n) is 7.03. The van der Waals surface area contributed by atoms with E-state index in [4.69, 9.17) is 0 Å². The maximum atomic E-state index is 4.27. The summed E-state index contributed by atoms with van der Waals surface area (Å²) >= 11 is 4.27. The van der Waals surface area contributed by atoms with Gasteiger partial charge in [-0.05, 0) is 43.9 Å². The SMILES string of the molecule is CC(C)CN(CCCCCCCCCS)C1CCCC1. The van der Waals surface area contributed by atoms with Crippen molar-refractivity contribution in [2.45, 2.75) is 90.5 Å². The van der Waals surface area contributed by atoms with Gasteiger partial charge in [0.1, 0.15) is 0 Å². The second-order valence-corrected chi connectivity index (χ2v) is 7.47. The Hall–Kier alpha value is 0.310. The van der Waals surface area contributed by atoms with E-state index in [1.165, 1.54) is 83.7 Å². The highest BCUT2D eigenvalue weighted by atomic mass is 32.1. The van der Waals surface area contributed by atoms with E-state index < -0.39 is 0 Å². The Labute approximate surface area is 133 Å². The Balaban J connectivity index is 2.06. The molecule has 0 aliphatic heterocycles. The van der Waals surface area contributed by atoms with Crippen molar-refractivity contribution in [2.75, 3.05) is 18.8 Å². The van der Waals surface area contributed by atoms with E-state index in [1.807, 2.05) is 0 Å². The molecule has 1 nitrogen and oxygen atoms in total. The minimum Gasteiger partial charge on any atom is -0.300 e. The highest BCUT2D eigenvalue weighted by molar-refractivity contribution is 7.80. The normalized spacial score (nSPS) is 16.6. The van der Waals surface area contributed by atoms with Crippen LogP contribution in [0.25, 0.3) is 0 Å². The quantitative estimate of drug-likeness (QED) is 0.365. The summed E-state index contributed by atoms with van der Waals surface area (Å²) in [4.78, 5) is 2.80. The van der Waals surface area contributed by atoms with Gasteiger partial charge >= 0.3 is 0 Å². The third-order valence-electron chi connectivity index (χ3n) is 4.54. The van der Waals surface area contributed by atoms with Gasteiger partial charge in [0.2, 0.25) is 0 Å². The van der Waals surface area contributed by atoms with Crippen molar-refractivity contribution < 1.29 is 0 Å². The Morgan fingerprint density at radius 3 is 2.00 bits per heavy atom. The lowest BCUT2D eigenvalue weighted by atomic mass is 10.1. The second kappa shape index (κ2) is 11.9. The van der Waals surface area contributed by atoms with Gasteiger partial charge in [-0.25, -0.2) is 0 Å². The fourth-order valence-electron chi connectivity index (χ4n) is 3.47. The molecule has 1 saturated carbocycles. The smallest absolute Gasteiger partial charge is 0.00953 e. The number of unbranched alkanes of at least 4 members (excludes halogenated alkanes) is 6. The fraction of sp³-hybridized carbons (Fsp3) is 1.00. The molecular formula is C18H37NS. The van der Waals surface area contributed by atoms with E-state index in [0.717, 1.165) is 17.7 Å². The lowest BCUT2D eigenvalue weighted by Crippen LogP contribution is -2.37. The molecule has 0 heterocycles. The van der Waals surface area contributed by atoms with E-state index in [1.54, 1.807) is 0 Å². The van der Waals surface area contributed by atoms with Crippen LogP contribution in [0, 0.1) is 5.92 Å². The van der Waals surface area contributed by atoms with E-state index in [2.05, 4.69) is 31.4 Å². The summed E-state index contributed by atoms with van der Waals surface area (Å²) in [6.07, 6.45) is 15.6. The Morgan fingerprint density at radius 2 is 1.45 bits per heavy atom. The molecule has 1 aliphatic carbocycles. The lowest BCUT2D eigenvalue weighted by molar-refractivity contribution is 0.173. The van der Waals surface area contributed by atoms with Crippen molar-refractivity contribution in [1.29, 1.82) is 0 Å². The fourth-order valence-corrected chi connectivity index (χ4v) is 3.70. The Kier molecular flexibility index (Phi) is 10.9. The number of thiol groups is 1. The standard InChI is InChI=1S/C18H37NS/c1-17(2)16-19(18-12-8-9-13-18)14-10-6-4-3-5-7-11-15-20/h17-18,20H,3-16H2,1-2H3. The summed E-state index contributed by atoms with van der Waals surface area (Å²) in [5, 5.41) is 0. The summed E-state index contributed by atoms with van der Waals surface area (Å²) in [5.41, 5.74) is 0. The van der Waals surface area contributed by atoms with Crippen molar-refractivity contribution in [3.8, 4) is 0 Å². The molecular weight excluding hydrogens is 262 g/mol. The van der Waals surface area contributed by atoms with Crippen molar-refractivity contribution in [3.63, 3.8) is 0 Å². The first-order valence-corrected chi connectivity index (χ1v) is 9.72. The van der Waals surface area contributed by atoms with Crippen LogP contribution in [0.4, 0.5) is 0 Å². The van der Waals surface area contributed by atoms with Gasteiger partial charge in [-0.15, -0.1) is 0 Å². The molecule has 1 rings (SSSR count). The molecule has 0 spiro atoms. The highest BCUT2D eigenvalue weighted by Gasteiger charge is 2.22. The van der Waals surface area contributed by atoms with Gasteiger partial charge in [0.05, 0.1) is 0 Å². The first-order chi connectivity index (χ1) is 9.74. The Morgan fingerprint density at radius 1 is 0.900 bits per heavy atom. The van der Waals surface area contributed by atoms with Crippen LogP contribution in [-0.2, 0) is 0 Å². The van der Waals surface area contributed by atoms with Gasteiger partial charge in [0, 0.05) is 12.6 Å². The number of rotatable bonds is 12. The molecule has 1 aliphatic rings. The zero-order chi connectivity index (χ0) is 14.6. The van der Waals surface area contributed by atoms with Crippen LogP contribution in [0.3, 0.4) is 0 Å². The molecule has 0 atom stereocenters. The topological polar surface area (TPSA) is 3.24 Å². The van der Waals surface area contributed by atoms with Gasteiger partial charge in [0.15, 0.2) is 0 Å². The minimum absolute atomic E-state index is 0.817. The van der Waals surface area contributed by atoms with Crippen LogP contribution in [0.15, 0.2) is 0 Å². The molecule has 120 valence electrons. The van der Waals surface area contributed by atoms with Crippen LogP contribution in [0.2, 0.25) is 0 Å². The Bertz CT molecular complexity index is 211. The minimum atomic E-state index is 0.817. The molecule has 0 amide bonds. The summed E-state index contributed by atoms with van der Waals surface area (Å²) < 4.78 is 0. The van der Waals surface area contributed by atoms with E-state index in [-0.39, 0.29) is 0 Å². The molecule has 1 fully saturated rings. The summed E-state index contributed by atoms with van der Waals surface area (Å²) in [5.74, 6) is 1.88. The van der Waals surface area contributed by atoms with Gasteiger partial charge < -0.3 is 4.90 Å². The molecule has 0 aromatic heterocycles. The predicted octanol–water partition coefficient (Wildman–Crippen LogP) is 5.55. The third kappa shape index (κ3) is 8.56. The molecule has 0 radical (unpaired) electrons. The van der Waals surface area contributed by atoms with Crippen LogP contribution in [-0.4, -0.2) is 29.8 Å². The van der Waals surface area contributed by atoms with Crippen LogP contribution < -0.4 is 0 Å². The molecule has 20 heavy (non-hydrogen) atoms. The summed E-state index contributed by atoms with van der Waals surface area (Å²) in [6.45, 7) is 7.39. The molecule has 0 unspecified atom stereocenters. The maximum Gasteiger partial charge on any atom is 0.00953 e. The monoisotopic (exact) mass is 299 g/mol. The maximum absolute atomic E-state index is 4.27. The molecule has 0 saturated heterocycles. The van der Waals surface area contributed by atoms with Crippen LogP contribution in [0.1, 0.15) is 84.5 Å². The van der Waals surface area contributed by atoms with E-state index in [9.17, 15) is 0 Å². The van der Waals surface area contributed by atoms with Crippen molar-refractivity contribution in [2.24, 2.45) is 5.92 Å². The van der Waals surface area contributed by atoms with Crippen molar-refractivity contribution in [1.82, 2.24) is 4.90 Å². The van der Waals surface area contributed by atoms with Crippen LogP contribution in [0.5, 0.6) is 0 Å². The average molecular weight is 300 g/mol. The van der Waals surface area contributed by atoms with Crippen molar-refractivity contribution >= 4 is 12.6 Å². The first kappa shape index (κ1) is 18.4. The highest BCUT2D eigenvalue weighted by Crippen LogP contribution is 2.24. The summed E-state index contributed by atoms with van der Waals surface area (Å²) in [7, 11) is 0. The number of hydrogen-bond acceptors (Lipinski definition) is 2. The van der Waals surface area contributed by atoms with E-state index >= 15 is 0 Å². The molecule has 0 aromatic rings. The van der Waals surface area contributed by atoms with Gasteiger partial charge in [-0.1, -0.05) is 58.8 Å². The zero-order valence-electron chi connectivity index (χ0n) is 13.9. The zero-order valence-corrected chi connectivity index (χ0v) is 14.8.